The van der Waals surface area contributed by atoms with Crippen LogP contribution in [0.4, 0.5) is 0 Å². The molecule has 0 saturated carbocycles. The van der Waals surface area contributed by atoms with E-state index in [9.17, 15) is 0 Å². The summed E-state index contributed by atoms with van der Waals surface area (Å²) in [6, 6.07) is 14.3. The van der Waals surface area contributed by atoms with Crippen molar-refractivity contribution < 1.29 is 42.5 Å². The van der Waals surface area contributed by atoms with Crippen molar-refractivity contribution in [2.75, 3.05) is 35.2 Å². The van der Waals surface area contributed by atoms with E-state index < -0.39 is 42.8 Å². The molecule has 2 aliphatic heterocycles. The van der Waals surface area contributed by atoms with Crippen LogP contribution in [0.2, 0.25) is 14.8 Å². The number of hydrogen-bond acceptors (Lipinski definition) is 9. The molecule has 50 heavy (non-hydrogen) atoms. The fraction of sp³-hybridized carbons (Fsp3) is 0.436. The third-order valence-electron chi connectivity index (χ3n) is 9.79. The van der Waals surface area contributed by atoms with Crippen molar-refractivity contribution in [3.8, 4) is 45.6 Å². The minimum atomic E-state index is -2.78. The first-order chi connectivity index (χ1) is 23.7. The summed E-state index contributed by atoms with van der Waals surface area (Å²) < 4.78 is 59.1. The Morgan fingerprint density at radius 3 is 2.08 bits per heavy atom. The SMILES string of the molecule is COc1cc2c(c(OC)c1OC)-c1c(cc3c(c1OC)OCO3)CC(=C\B1OC(C)(C)C(C)(C)O1)/C(=[CH]\[Sn]([CH3])([CH3])[CH3])[C@@H]2OCc1ccccc1. The van der Waals surface area contributed by atoms with Crippen LogP contribution in [0.5, 0.6) is 34.5 Å². The second kappa shape index (κ2) is 14.0. The van der Waals surface area contributed by atoms with Gasteiger partial charge in [0.25, 0.3) is 0 Å². The molecule has 0 spiro atoms. The van der Waals surface area contributed by atoms with Crippen LogP contribution < -0.4 is 28.4 Å². The Hall–Kier alpha value is -3.32. The van der Waals surface area contributed by atoms with Crippen molar-refractivity contribution >= 4 is 25.5 Å². The molecule has 1 fully saturated rings. The molecule has 1 saturated heterocycles. The molecule has 0 unspecified atom stereocenters. The van der Waals surface area contributed by atoms with Gasteiger partial charge in [0, 0.05) is 0 Å². The molecule has 9 nitrogen and oxygen atoms in total. The zero-order valence-electron chi connectivity index (χ0n) is 31.1. The Labute approximate surface area is 300 Å². The molecule has 11 heteroatoms. The quantitative estimate of drug-likeness (QED) is 0.199. The van der Waals surface area contributed by atoms with E-state index in [0.29, 0.717) is 47.5 Å². The maximum atomic E-state index is 7.11. The van der Waals surface area contributed by atoms with E-state index in [1.54, 1.807) is 28.4 Å². The Bertz CT molecular complexity index is 1790. The minimum absolute atomic E-state index is 0.0909. The van der Waals surface area contributed by atoms with E-state index in [-0.39, 0.29) is 6.79 Å². The van der Waals surface area contributed by atoms with Crippen LogP contribution in [0.25, 0.3) is 11.1 Å². The monoisotopic (exact) mass is 792 g/mol. The van der Waals surface area contributed by atoms with Gasteiger partial charge in [-0.05, 0) is 0 Å². The van der Waals surface area contributed by atoms with Crippen molar-refractivity contribution in [2.24, 2.45) is 0 Å². The second-order valence-electron chi connectivity index (χ2n) is 14.9. The van der Waals surface area contributed by atoms with E-state index in [2.05, 4.69) is 64.7 Å². The first kappa shape index (κ1) is 36.5. The molecular formula is C39H49BO9Sn. The Balaban J connectivity index is 1.72. The summed E-state index contributed by atoms with van der Waals surface area (Å²) in [5.74, 6) is 5.32. The van der Waals surface area contributed by atoms with Crippen molar-refractivity contribution in [2.45, 2.75) is 72.8 Å². The Kier molecular flexibility index (Phi) is 10.2. The molecule has 3 aromatic rings. The van der Waals surface area contributed by atoms with Gasteiger partial charge in [0.2, 0.25) is 0 Å². The fourth-order valence-electron chi connectivity index (χ4n) is 6.80. The average Bonchev–Trinajstić information content (AvgIpc) is 3.61. The maximum absolute atomic E-state index is 7.11. The van der Waals surface area contributed by atoms with Gasteiger partial charge in [0.05, 0.1) is 0 Å². The van der Waals surface area contributed by atoms with Gasteiger partial charge in [-0.1, -0.05) is 0 Å². The summed E-state index contributed by atoms with van der Waals surface area (Å²) in [6.07, 6.45) is -0.0470. The van der Waals surface area contributed by atoms with E-state index in [1.165, 1.54) is 0 Å². The zero-order valence-corrected chi connectivity index (χ0v) is 34.0. The normalized spacial score (nSPS) is 20.6. The summed E-state index contributed by atoms with van der Waals surface area (Å²) in [6.45, 7) is 8.74. The van der Waals surface area contributed by atoms with Crippen molar-refractivity contribution in [3.05, 3.63) is 80.4 Å². The molecular weight excluding hydrogens is 742 g/mol. The standard InChI is InChI=1S/C36H40BO9.3CH3.Sn/c1-21-24(18-37-45-35(2,3)36(4,5)46-37)15-23-16-27-32(44-20-43-27)33(40-8)28(23)29-25(17-26(38-6)31(39-7)34(29)41-9)30(21)42-19-22-13-11-10-12-14-22;;;;/h1,10-14,16-18,30H,15,19-20H2,2-9H3;3*1H3;/b21-1?,24-18+;;;;/t30-;;;;/m0..../s1. The summed E-state index contributed by atoms with van der Waals surface area (Å²) in [7, 11) is 5.95. The molecule has 1 aliphatic carbocycles. The fourth-order valence-corrected chi connectivity index (χ4v) is 10.4. The average molecular weight is 791 g/mol. The molecule has 6 rings (SSSR count). The third-order valence-corrected chi connectivity index (χ3v) is 13.1. The predicted molar refractivity (Wildman–Crippen MR) is 197 cm³/mol. The van der Waals surface area contributed by atoms with E-state index in [0.717, 1.165) is 39.0 Å². The van der Waals surface area contributed by atoms with E-state index in [1.807, 2.05) is 30.3 Å². The van der Waals surface area contributed by atoms with Gasteiger partial charge in [-0.3, -0.25) is 0 Å². The first-order valence-electron chi connectivity index (χ1n) is 17.0. The van der Waals surface area contributed by atoms with Crippen LogP contribution in [-0.4, -0.2) is 71.9 Å². The third kappa shape index (κ3) is 6.84. The van der Waals surface area contributed by atoms with E-state index in [4.69, 9.17) is 42.5 Å². The van der Waals surface area contributed by atoms with Gasteiger partial charge in [-0.25, -0.2) is 0 Å². The molecule has 0 aromatic heterocycles. The number of benzene rings is 3. The molecule has 0 N–H and O–H groups in total. The summed E-state index contributed by atoms with van der Waals surface area (Å²) in [5.41, 5.74) is 5.51. The summed E-state index contributed by atoms with van der Waals surface area (Å²) >= 11 is -2.78. The summed E-state index contributed by atoms with van der Waals surface area (Å²) in [5, 5.41) is 0. The second-order valence-corrected chi connectivity index (χ2v) is 29.3. The van der Waals surface area contributed by atoms with Crippen LogP contribution in [0.15, 0.2) is 63.7 Å². The topological polar surface area (TPSA) is 83.1 Å². The number of rotatable bonds is 9. The van der Waals surface area contributed by atoms with Crippen LogP contribution in [0, 0.1) is 0 Å². The number of methoxy groups -OCH3 is 4. The predicted octanol–water partition coefficient (Wildman–Crippen LogP) is 8.29. The Morgan fingerprint density at radius 2 is 1.48 bits per heavy atom. The molecule has 0 bridgehead atoms. The molecule has 0 amide bonds. The van der Waals surface area contributed by atoms with E-state index >= 15 is 0 Å². The van der Waals surface area contributed by atoms with Gasteiger partial charge in [-0.2, -0.15) is 0 Å². The Morgan fingerprint density at radius 1 is 0.820 bits per heavy atom. The number of ether oxygens (including phenoxy) is 7. The molecule has 2 heterocycles. The van der Waals surface area contributed by atoms with Gasteiger partial charge in [0.15, 0.2) is 0 Å². The number of hydrogen-bond donors (Lipinski definition) is 0. The van der Waals surface area contributed by atoms with Gasteiger partial charge in [-0.15, -0.1) is 0 Å². The van der Waals surface area contributed by atoms with Crippen LogP contribution in [0.3, 0.4) is 0 Å². The zero-order chi connectivity index (χ0) is 36.0. The molecule has 3 aliphatic rings. The van der Waals surface area contributed by atoms with Crippen molar-refractivity contribution in [1.82, 2.24) is 0 Å². The molecule has 3 aromatic carbocycles. The van der Waals surface area contributed by atoms with Crippen LogP contribution in [0.1, 0.15) is 50.5 Å². The summed E-state index contributed by atoms with van der Waals surface area (Å²) in [4.78, 5) is 7.19. The van der Waals surface area contributed by atoms with Gasteiger partial charge in [0.1, 0.15) is 0 Å². The van der Waals surface area contributed by atoms with Gasteiger partial charge < -0.3 is 0 Å². The van der Waals surface area contributed by atoms with Gasteiger partial charge >= 0.3 is 302 Å². The first-order valence-corrected chi connectivity index (χ1v) is 27.2. The van der Waals surface area contributed by atoms with Crippen molar-refractivity contribution in [3.63, 3.8) is 0 Å². The number of fused-ring (bicyclic) bond motifs is 4. The van der Waals surface area contributed by atoms with Crippen LogP contribution >= 0.6 is 0 Å². The van der Waals surface area contributed by atoms with Crippen molar-refractivity contribution in [1.29, 1.82) is 0 Å². The van der Waals surface area contributed by atoms with Crippen LogP contribution in [-0.2, 0) is 27.1 Å². The molecule has 266 valence electrons. The molecule has 1 atom stereocenters. The molecule has 0 radical (unpaired) electrons.